The van der Waals surface area contributed by atoms with Gasteiger partial charge in [-0.15, -0.1) is 0 Å². The number of aliphatic hydroxyl groups is 1. The molecule has 0 aromatic heterocycles. The standard InChI is InChI=1S/C26H31Cl2NO3/c1-2-31-24-8-17(3-6-23(24)32-15-20-4-5-21(27)9-22(20)28)14-29-25-10-18-7-19(11-25)13-26(30,12-18)16-25/h3-6,8-9,18-19,29-30H,2,7,10-16H2,1H3. The van der Waals surface area contributed by atoms with E-state index in [1.165, 1.54) is 19.3 Å². The number of hydrogen-bond donors (Lipinski definition) is 2. The van der Waals surface area contributed by atoms with Crippen LogP contribution in [-0.2, 0) is 13.2 Å². The molecule has 4 saturated carbocycles. The molecule has 2 unspecified atom stereocenters. The minimum absolute atomic E-state index is 0.0745. The highest BCUT2D eigenvalue weighted by Crippen LogP contribution is 2.57. The highest BCUT2D eigenvalue weighted by Gasteiger charge is 2.56. The van der Waals surface area contributed by atoms with Gasteiger partial charge in [0, 0.05) is 27.7 Å². The van der Waals surface area contributed by atoms with Gasteiger partial charge in [-0.2, -0.15) is 0 Å². The Labute approximate surface area is 200 Å². The predicted octanol–water partition coefficient (Wildman–Crippen LogP) is 6.14. The summed E-state index contributed by atoms with van der Waals surface area (Å²) in [5.74, 6) is 2.78. The molecule has 172 valence electrons. The summed E-state index contributed by atoms with van der Waals surface area (Å²) in [6.07, 6.45) is 6.54. The Hall–Kier alpha value is -1.46. The third-order valence-electron chi connectivity index (χ3n) is 7.40. The van der Waals surface area contributed by atoms with Crippen LogP contribution in [0.25, 0.3) is 0 Å². The van der Waals surface area contributed by atoms with Crippen molar-refractivity contribution in [1.82, 2.24) is 5.32 Å². The molecule has 0 heterocycles. The minimum atomic E-state index is -0.450. The first-order chi connectivity index (χ1) is 15.4. The van der Waals surface area contributed by atoms with Gasteiger partial charge in [0.15, 0.2) is 11.5 Å². The topological polar surface area (TPSA) is 50.7 Å². The summed E-state index contributed by atoms with van der Waals surface area (Å²) in [5, 5.41) is 16.1. The van der Waals surface area contributed by atoms with Crippen LogP contribution in [0.1, 0.15) is 56.6 Å². The van der Waals surface area contributed by atoms with Crippen molar-refractivity contribution in [2.24, 2.45) is 11.8 Å². The number of hydrogen-bond acceptors (Lipinski definition) is 4. The van der Waals surface area contributed by atoms with Crippen LogP contribution in [0.4, 0.5) is 0 Å². The highest BCUT2D eigenvalue weighted by molar-refractivity contribution is 6.35. The zero-order valence-corrected chi connectivity index (χ0v) is 20.0. The molecule has 4 bridgehead atoms. The lowest BCUT2D eigenvalue weighted by Crippen LogP contribution is -2.64. The monoisotopic (exact) mass is 475 g/mol. The fourth-order valence-electron chi connectivity index (χ4n) is 6.55. The molecule has 4 fully saturated rings. The van der Waals surface area contributed by atoms with E-state index in [1.54, 1.807) is 6.07 Å². The molecule has 4 aliphatic carbocycles. The maximum atomic E-state index is 11.0. The molecular formula is C26H31Cl2NO3. The van der Waals surface area contributed by atoms with E-state index in [0.717, 1.165) is 42.7 Å². The largest absolute Gasteiger partial charge is 0.490 e. The molecule has 0 spiro atoms. The second-order valence-electron chi connectivity index (χ2n) is 10.1. The van der Waals surface area contributed by atoms with E-state index in [4.69, 9.17) is 32.7 Å². The second kappa shape index (κ2) is 8.72. The molecule has 2 aromatic carbocycles. The van der Waals surface area contributed by atoms with Gasteiger partial charge in [-0.3, -0.25) is 0 Å². The number of benzene rings is 2. The summed E-state index contributed by atoms with van der Waals surface area (Å²) < 4.78 is 11.9. The summed E-state index contributed by atoms with van der Waals surface area (Å²) in [7, 11) is 0. The summed E-state index contributed by atoms with van der Waals surface area (Å²) in [6.45, 7) is 3.65. The Morgan fingerprint density at radius 2 is 1.78 bits per heavy atom. The molecule has 2 atom stereocenters. The average Bonchev–Trinajstić information content (AvgIpc) is 2.71. The molecule has 4 aliphatic rings. The van der Waals surface area contributed by atoms with Gasteiger partial charge in [-0.1, -0.05) is 35.3 Å². The second-order valence-corrected chi connectivity index (χ2v) is 10.9. The van der Waals surface area contributed by atoms with Crippen molar-refractivity contribution in [3.63, 3.8) is 0 Å². The zero-order valence-electron chi connectivity index (χ0n) is 18.5. The molecule has 0 saturated heterocycles. The predicted molar refractivity (Wildman–Crippen MR) is 128 cm³/mol. The Morgan fingerprint density at radius 3 is 2.47 bits per heavy atom. The van der Waals surface area contributed by atoms with Crippen LogP contribution in [0.15, 0.2) is 36.4 Å². The lowest BCUT2D eigenvalue weighted by atomic mass is 9.51. The molecular weight excluding hydrogens is 445 g/mol. The highest BCUT2D eigenvalue weighted by atomic mass is 35.5. The van der Waals surface area contributed by atoms with E-state index in [9.17, 15) is 5.11 Å². The normalized spacial score (nSPS) is 30.5. The van der Waals surface area contributed by atoms with Crippen molar-refractivity contribution in [2.75, 3.05) is 6.61 Å². The van der Waals surface area contributed by atoms with Crippen molar-refractivity contribution in [3.8, 4) is 11.5 Å². The number of nitrogens with one attached hydrogen (secondary N) is 1. The molecule has 32 heavy (non-hydrogen) atoms. The molecule has 2 N–H and O–H groups in total. The van der Waals surface area contributed by atoms with Gasteiger partial charge in [-0.05, 0) is 87.1 Å². The van der Waals surface area contributed by atoms with E-state index >= 15 is 0 Å². The smallest absolute Gasteiger partial charge is 0.161 e. The number of ether oxygens (including phenoxy) is 2. The van der Waals surface area contributed by atoms with Crippen molar-refractivity contribution in [2.45, 2.75) is 69.7 Å². The van der Waals surface area contributed by atoms with Crippen LogP contribution < -0.4 is 14.8 Å². The van der Waals surface area contributed by atoms with E-state index in [0.29, 0.717) is 40.8 Å². The van der Waals surface area contributed by atoms with Gasteiger partial charge in [0.05, 0.1) is 12.2 Å². The summed E-state index contributed by atoms with van der Waals surface area (Å²) in [5.41, 5.74) is 1.66. The van der Waals surface area contributed by atoms with E-state index in [1.807, 2.05) is 25.1 Å². The molecule has 0 radical (unpaired) electrons. The first kappa shape index (κ1) is 22.3. The average molecular weight is 476 g/mol. The van der Waals surface area contributed by atoms with Crippen molar-refractivity contribution >= 4 is 23.2 Å². The number of rotatable bonds is 8. The van der Waals surface area contributed by atoms with Gasteiger partial charge in [-0.25, -0.2) is 0 Å². The van der Waals surface area contributed by atoms with Crippen LogP contribution in [-0.4, -0.2) is 22.9 Å². The molecule has 0 amide bonds. The summed E-state index contributed by atoms with van der Waals surface area (Å²) in [4.78, 5) is 0. The summed E-state index contributed by atoms with van der Waals surface area (Å²) in [6, 6.07) is 11.5. The molecule has 6 heteroatoms. The zero-order chi connectivity index (χ0) is 22.3. The Morgan fingerprint density at radius 1 is 1.00 bits per heavy atom. The Balaban J connectivity index is 1.27. The van der Waals surface area contributed by atoms with Crippen molar-refractivity contribution in [3.05, 3.63) is 57.6 Å². The maximum Gasteiger partial charge on any atom is 0.161 e. The fourth-order valence-corrected chi connectivity index (χ4v) is 7.02. The SMILES string of the molecule is CCOc1cc(CNC23CC4CC(CC(O)(C4)C2)C3)ccc1OCc1ccc(Cl)cc1Cl. The lowest BCUT2D eigenvalue weighted by Gasteiger charge is -2.60. The van der Waals surface area contributed by atoms with Crippen LogP contribution >= 0.6 is 23.2 Å². The molecule has 2 aromatic rings. The third-order valence-corrected chi connectivity index (χ3v) is 7.99. The number of halogens is 2. The van der Waals surface area contributed by atoms with Gasteiger partial charge in [0.25, 0.3) is 0 Å². The molecule has 6 rings (SSSR count). The maximum absolute atomic E-state index is 11.0. The van der Waals surface area contributed by atoms with Gasteiger partial charge >= 0.3 is 0 Å². The quantitative estimate of drug-likeness (QED) is 0.480. The van der Waals surface area contributed by atoms with Gasteiger partial charge < -0.3 is 19.9 Å². The first-order valence-corrected chi connectivity index (χ1v) is 12.4. The van der Waals surface area contributed by atoms with Crippen LogP contribution in [0.5, 0.6) is 11.5 Å². The van der Waals surface area contributed by atoms with Crippen LogP contribution in [0.2, 0.25) is 10.0 Å². The van der Waals surface area contributed by atoms with E-state index < -0.39 is 5.60 Å². The van der Waals surface area contributed by atoms with E-state index in [-0.39, 0.29) is 5.54 Å². The third kappa shape index (κ3) is 4.61. The Bertz CT molecular complexity index is 981. The Kier molecular flexibility index (Phi) is 6.08. The molecule has 4 nitrogen and oxygen atoms in total. The van der Waals surface area contributed by atoms with Crippen molar-refractivity contribution in [1.29, 1.82) is 0 Å². The molecule has 0 aliphatic heterocycles. The van der Waals surface area contributed by atoms with Crippen molar-refractivity contribution < 1.29 is 14.6 Å². The first-order valence-electron chi connectivity index (χ1n) is 11.7. The lowest BCUT2D eigenvalue weighted by molar-refractivity contribution is -0.142. The van der Waals surface area contributed by atoms with Crippen LogP contribution in [0.3, 0.4) is 0 Å². The minimum Gasteiger partial charge on any atom is -0.490 e. The van der Waals surface area contributed by atoms with E-state index in [2.05, 4.69) is 17.4 Å². The van der Waals surface area contributed by atoms with Gasteiger partial charge in [0.2, 0.25) is 0 Å². The summed E-state index contributed by atoms with van der Waals surface area (Å²) >= 11 is 12.3. The van der Waals surface area contributed by atoms with Crippen LogP contribution in [0, 0.1) is 11.8 Å². The van der Waals surface area contributed by atoms with Gasteiger partial charge in [0.1, 0.15) is 6.61 Å². The fraction of sp³-hybridized carbons (Fsp3) is 0.538.